The summed E-state index contributed by atoms with van der Waals surface area (Å²) in [7, 11) is 1.37. The number of carbonyl (C=O) groups is 7. The summed E-state index contributed by atoms with van der Waals surface area (Å²) in [6.45, 7) is 2.30. The maximum absolute atomic E-state index is 13.1. The van der Waals surface area contributed by atoms with Crippen molar-refractivity contribution in [3.8, 4) is 0 Å². The van der Waals surface area contributed by atoms with Crippen molar-refractivity contribution in [2.75, 3.05) is 20.1 Å². The summed E-state index contributed by atoms with van der Waals surface area (Å²) in [4.78, 5) is 90.5. The predicted octanol–water partition coefficient (Wildman–Crippen LogP) is -2.13. The molecule has 44 heavy (non-hydrogen) atoms. The number of aromatic carboxylic acids is 1. The third-order valence-electron chi connectivity index (χ3n) is 6.23. The van der Waals surface area contributed by atoms with Gasteiger partial charge in [0.2, 0.25) is 29.5 Å². The largest absolute Gasteiger partial charge is 0.481 e. The van der Waals surface area contributed by atoms with E-state index < -0.39 is 72.6 Å². The van der Waals surface area contributed by atoms with Gasteiger partial charge in [-0.05, 0) is 37.0 Å². The van der Waals surface area contributed by atoms with Crippen LogP contribution in [0.4, 0.5) is 0 Å². The lowest BCUT2D eigenvalue weighted by molar-refractivity contribution is -0.142. The molecule has 0 saturated heterocycles. The SMILES string of the molecule is CC[C@@H](NC(C)=O)C(=O)N(C)[C@@H](CCCN=C(N)N)C(=O)NCC(=O)N[C@@H](CC(=O)O)C(=O)NCc1cccc(C(=O)O)c1. The van der Waals surface area contributed by atoms with Gasteiger partial charge in [-0.15, -0.1) is 0 Å². The number of amides is 5. The predicted molar refractivity (Wildman–Crippen MR) is 157 cm³/mol. The second-order valence-corrected chi connectivity index (χ2v) is 9.73. The molecule has 0 aromatic heterocycles. The minimum atomic E-state index is -1.51. The van der Waals surface area contributed by atoms with Gasteiger partial charge in [-0.25, -0.2) is 4.79 Å². The number of aliphatic imine (C=N–C) groups is 1. The van der Waals surface area contributed by atoms with Crippen LogP contribution in [0.25, 0.3) is 0 Å². The molecular formula is C27H40N8O9. The summed E-state index contributed by atoms with van der Waals surface area (Å²) in [6.07, 6.45) is -0.137. The van der Waals surface area contributed by atoms with Crippen molar-refractivity contribution < 1.29 is 43.8 Å². The third-order valence-corrected chi connectivity index (χ3v) is 6.23. The molecule has 3 atom stereocenters. The van der Waals surface area contributed by atoms with Gasteiger partial charge in [0.1, 0.15) is 18.1 Å². The highest BCUT2D eigenvalue weighted by molar-refractivity contribution is 5.95. The van der Waals surface area contributed by atoms with Crippen LogP contribution in [-0.4, -0.2) is 101 Å². The fourth-order valence-electron chi connectivity index (χ4n) is 4.02. The van der Waals surface area contributed by atoms with Gasteiger partial charge in [0.05, 0.1) is 18.5 Å². The summed E-state index contributed by atoms with van der Waals surface area (Å²) in [6, 6.07) is 2.23. The number of carboxylic acids is 2. The average Bonchev–Trinajstić information content (AvgIpc) is 2.96. The first-order valence-electron chi connectivity index (χ1n) is 13.6. The average molecular weight is 621 g/mol. The first kappa shape index (κ1) is 36.8. The molecule has 0 aliphatic heterocycles. The van der Waals surface area contributed by atoms with E-state index in [9.17, 15) is 38.7 Å². The van der Waals surface area contributed by atoms with Crippen LogP contribution in [0, 0.1) is 0 Å². The molecular weight excluding hydrogens is 580 g/mol. The van der Waals surface area contributed by atoms with E-state index in [0.29, 0.717) is 5.56 Å². The highest BCUT2D eigenvalue weighted by Crippen LogP contribution is 2.10. The Kier molecular flexibility index (Phi) is 15.3. The quantitative estimate of drug-likeness (QED) is 0.0498. The Morgan fingerprint density at radius 2 is 1.66 bits per heavy atom. The topological polar surface area (TPSA) is 276 Å². The van der Waals surface area contributed by atoms with Crippen molar-refractivity contribution in [1.29, 1.82) is 0 Å². The number of nitrogens with one attached hydrogen (secondary N) is 4. The van der Waals surface area contributed by atoms with Crippen molar-refractivity contribution >= 4 is 47.4 Å². The zero-order chi connectivity index (χ0) is 33.4. The molecule has 0 heterocycles. The molecule has 5 amide bonds. The third kappa shape index (κ3) is 13.2. The standard InChI is InChI=1S/C27H40N8O9/c1-4-18(33-15(2)36)25(42)35(3)20(9-6-10-30-27(28)29)24(41)32-14-21(37)34-19(12-22(38)39)23(40)31-13-16-7-5-8-17(11-16)26(43)44/h5,7-8,11,18-20H,4,6,9-10,12-14H2,1-3H3,(H,31,40)(H,32,41)(H,33,36)(H,34,37)(H,38,39)(H,43,44)(H4,28,29,30)/t18-,19+,20+/m1/s1. The molecule has 17 heteroatoms. The van der Waals surface area contributed by atoms with E-state index in [-0.39, 0.29) is 43.9 Å². The summed E-state index contributed by atoms with van der Waals surface area (Å²) in [5.41, 5.74) is 11.1. The lowest BCUT2D eigenvalue weighted by Gasteiger charge is -2.30. The molecule has 1 aromatic carbocycles. The van der Waals surface area contributed by atoms with E-state index in [1.54, 1.807) is 13.0 Å². The van der Waals surface area contributed by atoms with Gasteiger partial charge in [-0.3, -0.25) is 33.8 Å². The number of nitrogens with zero attached hydrogens (tertiary/aromatic N) is 2. The number of carbonyl (C=O) groups excluding carboxylic acids is 5. The Morgan fingerprint density at radius 3 is 2.23 bits per heavy atom. The van der Waals surface area contributed by atoms with E-state index in [0.717, 1.165) is 4.90 Å². The number of rotatable bonds is 18. The Hall–Kier alpha value is -5.22. The first-order chi connectivity index (χ1) is 20.7. The Morgan fingerprint density at radius 1 is 0.977 bits per heavy atom. The smallest absolute Gasteiger partial charge is 0.335 e. The lowest BCUT2D eigenvalue weighted by Crippen LogP contribution is -2.55. The van der Waals surface area contributed by atoms with Crippen molar-refractivity contribution in [2.24, 2.45) is 16.5 Å². The second kappa shape index (κ2) is 18.3. The van der Waals surface area contributed by atoms with E-state index in [1.807, 2.05) is 0 Å². The monoisotopic (exact) mass is 620 g/mol. The number of carboxylic acid groups (broad SMARTS) is 2. The van der Waals surface area contributed by atoms with Crippen LogP contribution in [0.15, 0.2) is 29.3 Å². The van der Waals surface area contributed by atoms with Crippen LogP contribution >= 0.6 is 0 Å². The van der Waals surface area contributed by atoms with Crippen molar-refractivity contribution in [2.45, 2.75) is 64.2 Å². The highest BCUT2D eigenvalue weighted by Gasteiger charge is 2.31. The van der Waals surface area contributed by atoms with Gasteiger partial charge in [0.25, 0.3) is 0 Å². The van der Waals surface area contributed by atoms with Crippen molar-refractivity contribution in [1.82, 2.24) is 26.2 Å². The summed E-state index contributed by atoms with van der Waals surface area (Å²) in [5.74, 6) is -6.13. The maximum Gasteiger partial charge on any atom is 0.335 e. The van der Waals surface area contributed by atoms with Gasteiger partial charge in [0.15, 0.2) is 5.96 Å². The number of guanidine groups is 1. The first-order valence-corrected chi connectivity index (χ1v) is 13.6. The van der Waals surface area contributed by atoms with Crippen molar-refractivity contribution in [3.63, 3.8) is 0 Å². The summed E-state index contributed by atoms with van der Waals surface area (Å²) in [5, 5.41) is 28.0. The number of hydrogen-bond acceptors (Lipinski definition) is 8. The van der Waals surface area contributed by atoms with Gasteiger partial charge < -0.3 is 47.8 Å². The minimum Gasteiger partial charge on any atom is -0.481 e. The molecule has 0 radical (unpaired) electrons. The fourth-order valence-corrected chi connectivity index (χ4v) is 4.02. The molecule has 242 valence electrons. The van der Waals surface area contributed by atoms with E-state index in [4.69, 9.17) is 16.6 Å². The zero-order valence-corrected chi connectivity index (χ0v) is 24.8. The molecule has 0 fully saturated rings. The lowest BCUT2D eigenvalue weighted by atomic mass is 10.1. The van der Waals surface area contributed by atoms with Crippen LogP contribution in [0.2, 0.25) is 0 Å². The number of aliphatic carboxylic acids is 1. The number of nitrogens with two attached hydrogens (primary N) is 2. The fraction of sp³-hybridized carbons (Fsp3) is 0.481. The molecule has 1 aromatic rings. The summed E-state index contributed by atoms with van der Waals surface area (Å²) < 4.78 is 0. The second-order valence-electron chi connectivity index (χ2n) is 9.73. The molecule has 0 bridgehead atoms. The molecule has 0 unspecified atom stereocenters. The maximum atomic E-state index is 13.1. The molecule has 10 N–H and O–H groups in total. The van der Waals surface area contributed by atoms with Crippen LogP contribution in [0.5, 0.6) is 0 Å². The van der Waals surface area contributed by atoms with Crippen LogP contribution < -0.4 is 32.7 Å². The van der Waals surface area contributed by atoms with Gasteiger partial charge in [0, 0.05) is 27.1 Å². The Balaban J connectivity index is 2.93. The number of hydrogen-bond donors (Lipinski definition) is 8. The van der Waals surface area contributed by atoms with Crippen LogP contribution in [0.1, 0.15) is 55.5 Å². The number of benzene rings is 1. The summed E-state index contributed by atoms with van der Waals surface area (Å²) >= 11 is 0. The normalized spacial score (nSPS) is 12.4. The van der Waals surface area contributed by atoms with E-state index in [2.05, 4.69) is 26.3 Å². The van der Waals surface area contributed by atoms with Gasteiger partial charge >= 0.3 is 11.9 Å². The zero-order valence-electron chi connectivity index (χ0n) is 24.8. The van der Waals surface area contributed by atoms with Gasteiger partial charge in [-0.2, -0.15) is 0 Å². The van der Waals surface area contributed by atoms with Gasteiger partial charge in [-0.1, -0.05) is 19.1 Å². The van der Waals surface area contributed by atoms with E-state index >= 15 is 0 Å². The molecule has 17 nitrogen and oxygen atoms in total. The minimum absolute atomic E-state index is 0.00917. The van der Waals surface area contributed by atoms with Crippen LogP contribution in [-0.2, 0) is 35.3 Å². The van der Waals surface area contributed by atoms with E-state index in [1.165, 1.54) is 32.2 Å². The Labute approximate surface area is 253 Å². The number of likely N-dealkylation sites (N-methyl/N-ethyl adjacent to an activating group) is 1. The Bertz CT molecular complexity index is 1250. The van der Waals surface area contributed by atoms with Crippen LogP contribution in [0.3, 0.4) is 0 Å². The van der Waals surface area contributed by atoms with Crippen molar-refractivity contribution in [3.05, 3.63) is 35.4 Å². The molecule has 0 aliphatic rings. The molecule has 0 aliphatic carbocycles. The molecule has 0 spiro atoms. The molecule has 1 rings (SSSR count). The highest BCUT2D eigenvalue weighted by atomic mass is 16.4. The molecule has 0 saturated carbocycles.